The maximum absolute atomic E-state index is 13.2. The number of H-pyrrole nitrogens is 2. The zero-order valence-electron chi connectivity index (χ0n) is 15.0. The number of nitrogens with zero attached hydrogens (tertiary/aromatic N) is 3. The summed E-state index contributed by atoms with van der Waals surface area (Å²) in [7, 11) is 0. The number of pyridine rings is 2. The van der Waals surface area contributed by atoms with Crippen molar-refractivity contribution in [2.24, 2.45) is 5.41 Å². The van der Waals surface area contributed by atoms with Crippen molar-refractivity contribution in [3.8, 4) is 0 Å². The van der Waals surface area contributed by atoms with Gasteiger partial charge in [-0.15, -0.1) is 0 Å². The number of fused-ring (bicyclic) bond motifs is 1. The number of hydrogen-bond acceptors (Lipinski definition) is 4. The third kappa shape index (κ3) is 2.60. The fourth-order valence-electron chi connectivity index (χ4n) is 3.84. The van der Waals surface area contributed by atoms with E-state index in [0.29, 0.717) is 24.0 Å². The van der Waals surface area contributed by atoms with E-state index in [9.17, 15) is 9.59 Å². The van der Waals surface area contributed by atoms with Gasteiger partial charge in [0.25, 0.3) is 11.5 Å². The van der Waals surface area contributed by atoms with Crippen LogP contribution in [-0.2, 0) is 0 Å². The van der Waals surface area contributed by atoms with Gasteiger partial charge in [0.15, 0.2) is 0 Å². The van der Waals surface area contributed by atoms with E-state index < -0.39 is 0 Å². The summed E-state index contributed by atoms with van der Waals surface area (Å²) in [6.07, 6.45) is 3.05. The number of rotatable bonds is 2. The highest BCUT2D eigenvalue weighted by Gasteiger charge is 2.43. The summed E-state index contributed by atoms with van der Waals surface area (Å²) in [5.74, 6) is 0.0608. The Morgan fingerprint density at radius 1 is 1.38 bits per heavy atom. The molecule has 3 aromatic heterocycles. The van der Waals surface area contributed by atoms with Gasteiger partial charge in [0.2, 0.25) is 0 Å². The van der Waals surface area contributed by atoms with Gasteiger partial charge >= 0.3 is 0 Å². The summed E-state index contributed by atoms with van der Waals surface area (Å²) in [5, 5.41) is 7.97. The Labute approximate surface area is 150 Å². The van der Waals surface area contributed by atoms with Crippen molar-refractivity contribution in [2.45, 2.75) is 26.7 Å². The van der Waals surface area contributed by atoms with Crippen molar-refractivity contribution in [3.63, 3.8) is 0 Å². The third-order valence-corrected chi connectivity index (χ3v) is 5.21. The SMILES string of the molecule is Cc1cc(C2CN(C(=O)c3c[nH]c(=O)c4ncccc34)CC2(C)C)n[nH]1. The van der Waals surface area contributed by atoms with Gasteiger partial charge in [0, 0.05) is 42.5 Å². The lowest BCUT2D eigenvalue weighted by molar-refractivity contribution is 0.0779. The second-order valence-corrected chi connectivity index (χ2v) is 7.63. The largest absolute Gasteiger partial charge is 0.337 e. The lowest BCUT2D eigenvalue weighted by Gasteiger charge is -2.23. The summed E-state index contributed by atoms with van der Waals surface area (Å²) in [6, 6.07) is 5.54. The molecule has 4 rings (SSSR count). The Kier molecular flexibility index (Phi) is 3.68. The molecule has 1 fully saturated rings. The highest BCUT2D eigenvalue weighted by Crippen LogP contribution is 2.42. The lowest BCUT2D eigenvalue weighted by atomic mass is 9.80. The molecule has 1 unspecified atom stereocenters. The van der Waals surface area contributed by atoms with Crippen LogP contribution in [0.25, 0.3) is 10.9 Å². The summed E-state index contributed by atoms with van der Waals surface area (Å²) >= 11 is 0. The summed E-state index contributed by atoms with van der Waals surface area (Å²) in [6.45, 7) is 7.50. The molecule has 4 heterocycles. The van der Waals surface area contributed by atoms with Gasteiger partial charge < -0.3 is 9.88 Å². The summed E-state index contributed by atoms with van der Waals surface area (Å²) < 4.78 is 0. The Balaban J connectivity index is 1.70. The molecule has 1 saturated heterocycles. The topological polar surface area (TPSA) is 94.7 Å². The molecule has 0 bridgehead atoms. The second kappa shape index (κ2) is 5.79. The zero-order chi connectivity index (χ0) is 18.5. The number of carbonyl (C=O) groups is 1. The molecule has 1 aliphatic rings. The van der Waals surface area contributed by atoms with Crippen LogP contribution < -0.4 is 5.56 Å². The molecule has 2 N–H and O–H groups in total. The van der Waals surface area contributed by atoms with Crippen LogP contribution >= 0.6 is 0 Å². The molecule has 7 heteroatoms. The molecule has 1 aliphatic heterocycles. The number of aromatic amines is 2. The molecular weight excluding hydrogens is 330 g/mol. The molecule has 3 aromatic rings. The van der Waals surface area contributed by atoms with Crippen LogP contribution in [0, 0.1) is 12.3 Å². The number of carbonyl (C=O) groups excluding carboxylic acids is 1. The number of aryl methyl sites for hydroxylation is 1. The van der Waals surface area contributed by atoms with E-state index in [0.717, 1.165) is 11.4 Å². The number of nitrogens with one attached hydrogen (secondary N) is 2. The molecule has 0 spiro atoms. The van der Waals surface area contributed by atoms with Gasteiger partial charge in [-0.1, -0.05) is 19.9 Å². The lowest BCUT2D eigenvalue weighted by Crippen LogP contribution is -2.31. The minimum atomic E-state index is -0.288. The molecular formula is C19H21N5O2. The van der Waals surface area contributed by atoms with E-state index in [-0.39, 0.29) is 28.3 Å². The molecule has 1 amide bonds. The maximum atomic E-state index is 13.2. The quantitative estimate of drug-likeness (QED) is 0.740. The zero-order valence-corrected chi connectivity index (χ0v) is 15.0. The van der Waals surface area contributed by atoms with E-state index in [4.69, 9.17) is 0 Å². The smallest absolute Gasteiger partial charge is 0.274 e. The average Bonchev–Trinajstić information content (AvgIpc) is 3.17. The van der Waals surface area contributed by atoms with E-state index in [1.165, 1.54) is 6.20 Å². The minimum Gasteiger partial charge on any atom is -0.337 e. The number of hydrogen-bond donors (Lipinski definition) is 2. The van der Waals surface area contributed by atoms with Gasteiger partial charge in [0.05, 0.1) is 11.3 Å². The van der Waals surface area contributed by atoms with Gasteiger partial charge in [0.1, 0.15) is 5.52 Å². The number of aromatic nitrogens is 4. The standard InChI is InChI=1S/C19H21N5O2/c1-11-7-15(23-22-11)14-9-24(10-19(14,2)3)18(26)13-8-21-17(25)16-12(13)5-4-6-20-16/h4-8,14H,9-10H2,1-3H3,(H,21,25)(H,22,23). The molecule has 26 heavy (non-hydrogen) atoms. The predicted molar refractivity (Wildman–Crippen MR) is 98.1 cm³/mol. The van der Waals surface area contributed by atoms with Crippen LogP contribution in [0.3, 0.4) is 0 Å². The first-order valence-corrected chi connectivity index (χ1v) is 8.64. The van der Waals surface area contributed by atoms with Crippen molar-refractivity contribution < 1.29 is 4.79 Å². The van der Waals surface area contributed by atoms with E-state index in [1.54, 1.807) is 18.3 Å². The first-order chi connectivity index (χ1) is 12.4. The van der Waals surface area contributed by atoms with Crippen LogP contribution in [0.2, 0.25) is 0 Å². The molecule has 1 atom stereocenters. The monoisotopic (exact) mass is 351 g/mol. The fourth-order valence-corrected chi connectivity index (χ4v) is 3.84. The van der Waals surface area contributed by atoms with Crippen LogP contribution in [0.15, 0.2) is 35.4 Å². The minimum absolute atomic E-state index is 0.0897. The van der Waals surface area contributed by atoms with Gasteiger partial charge in [-0.3, -0.25) is 19.7 Å². The van der Waals surface area contributed by atoms with Crippen LogP contribution in [0.1, 0.15) is 41.5 Å². The molecule has 0 aliphatic carbocycles. The maximum Gasteiger partial charge on any atom is 0.274 e. The Hall–Kier alpha value is -2.96. The fraction of sp³-hybridized carbons (Fsp3) is 0.368. The van der Waals surface area contributed by atoms with E-state index >= 15 is 0 Å². The predicted octanol–water partition coefficient (Wildman–Crippen LogP) is 2.22. The highest BCUT2D eigenvalue weighted by atomic mass is 16.2. The third-order valence-electron chi connectivity index (χ3n) is 5.21. The average molecular weight is 351 g/mol. The van der Waals surface area contributed by atoms with E-state index in [2.05, 4.69) is 34.0 Å². The number of likely N-dealkylation sites (tertiary alicyclic amines) is 1. The second-order valence-electron chi connectivity index (χ2n) is 7.63. The molecule has 0 aromatic carbocycles. The first-order valence-electron chi connectivity index (χ1n) is 8.64. The molecule has 0 radical (unpaired) electrons. The van der Waals surface area contributed by atoms with Gasteiger partial charge in [-0.25, -0.2) is 0 Å². The normalized spacial score (nSPS) is 19.2. The van der Waals surface area contributed by atoms with E-state index in [1.807, 2.05) is 17.9 Å². The molecule has 7 nitrogen and oxygen atoms in total. The Morgan fingerprint density at radius 2 is 2.19 bits per heavy atom. The van der Waals surface area contributed by atoms with Crippen molar-refractivity contribution in [1.82, 2.24) is 25.1 Å². The Bertz CT molecular complexity index is 1050. The summed E-state index contributed by atoms with van der Waals surface area (Å²) in [5.41, 5.74) is 2.38. The van der Waals surface area contributed by atoms with Crippen molar-refractivity contribution in [1.29, 1.82) is 0 Å². The van der Waals surface area contributed by atoms with Gasteiger partial charge in [-0.05, 0) is 24.5 Å². The van der Waals surface area contributed by atoms with Gasteiger partial charge in [-0.2, -0.15) is 5.10 Å². The number of amides is 1. The molecule has 134 valence electrons. The van der Waals surface area contributed by atoms with Crippen molar-refractivity contribution >= 4 is 16.8 Å². The Morgan fingerprint density at radius 3 is 2.92 bits per heavy atom. The molecule has 0 saturated carbocycles. The van der Waals surface area contributed by atoms with Crippen molar-refractivity contribution in [2.75, 3.05) is 13.1 Å². The van der Waals surface area contributed by atoms with Crippen molar-refractivity contribution in [3.05, 3.63) is 57.9 Å². The van der Waals surface area contributed by atoms with Crippen LogP contribution in [0.4, 0.5) is 0 Å². The van der Waals surface area contributed by atoms with Crippen LogP contribution in [-0.4, -0.2) is 44.1 Å². The van der Waals surface area contributed by atoms with Crippen LogP contribution in [0.5, 0.6) is 0 Å². The summed E-state index contributed by atoms with van der Waals surface area (Å²) in [4.78, 5) is 33.7. The first kappa shape index (κ1) is 16.5. The highest BCUT2D eigenvalue weighted by molar-refractivity contribution is 6.05.